The predicted octanol–water partition coefficient (Wildman–Crippen LogP) is 5.95. The van der Waals surface area contributed by atoms with E-state index in [-0.39, 0.29) is 11.0 Å². The van der Waals surface area contributed by atoms with E-state index in [0.717, 1.165) is 40.6 Å². The van der Waals surface area contributed by atoms with E-state index in [1.807, 2.05) is 12.1 Å². The summed E-state index contributed by atoms with van der Waals surface area (Å²) in [5.41, 5.74) is 4.31. The number of rotatable bonds is 5. The molecule has 3 rings (SSSR count). The molecule has 144 valence electrons. The second-order valence-corrected chi connectivity index (χ2v) is 9.14. The zero-order valence-electron chi connectivity index (χ0n) is 17.6. The minimum absolute atomic E-state index is 0.0717. The Balaban J connectivity index is 2.13. The van der Waals surface area contributed by atoms with Crippen molar-refractivity contribution in [2.24, 2.45) is 5.41 Å². The molecule has 0 aliphatic rings. The van der Waals surface area contributed by atoms with Crippen molar-refractivity contribution in [1.29, 1.82) is 0 Å². The van der Waals surface area contributed by atoms with Crippen LogP contribution in [0.3, 0.4) is 0 Å². The van der Waals surface area contributed by atoms with E-state index in [4.69, 9.17) is 9.72 Å². The summed E-state index contributed by atoms with van der Waals surface area (Å²) in [7, 11) is 1.69. The lowest BCUT2D eigenvalue weighted by Gasteiger charge is -2.34. The van der Waals surface area contributed by atoms with Gasteiger partial charge in [0, 0.05) is 16.8 Å². The molecule has 2 aromatic heterocycles. The average molecular weight is 366 g/mol. The molecule has 4 heteroatoms. The molecule has 27 heavy (non-hydrogen) atoms. The molecule has 0 radical (unpaired) electrons. The summed E-state index contributed by atoms with van der Waals surface area (Å²) in [5.74, 6) is 1.89. The van der Waals surface area contributed by atoms with Gasteiger partial charge in [-0.3, -0.25) is 4.40 Å². The number of aromatic nitrogens is 2. The Bertz CT molecular complexity index is 931. The minimum Gasteiger partial charge on any atom is -0.497 e. The fourth-order valence-corrected chi connectivity index (χ4v) is 4.01. The molecule has 2 heterocycles. The van der Waals surface area contributed by atoms with E-state index in [1.54, 1.807) is 7.11 Å². The first kappa shape index (κ1) is 19.3. The van der Waals surface area contributed by atoms with Gasteiger partial charge in [-0.2, -0.15) is 0 Å². The zero-order chi connectivity index (χ0) is 19.8. The molecular weight excluding hydrogens is 334 g/mol. The Morgan fingerprint density at radius 1 is 1.00 bits per heavy atom. The molecule has 0 aliphatic heterocycles. The van der Waals surface area contributed by atoms with Crippen LogP contribution in [-0.4, -0.2) is 22.0 Å². The van der Waals surface area contributed by atoms with Crippen molar-refractivity contribution in [2.45, 2.75) is 53.5 Å². The van der Waals surface area contributed by atoms with E-state index < -0.39 is 0 Å². The second kappa shape index (κ2) is 6.91. The highest BCUT2D eigenvalue weighted by molar-refractivity contribution is 5.77. The number of pyridine rings is 1. The number of methoxy groups -OCH3 is 1. The third kappa shape index (κ3) is 4.26. The van der Waals surface area contributed by atoms with Crippen LogP contribution in [0.25, 0.3) is 16.9 Å². The van der Waals surface area contributed by atoms with Gasteiger partial charge in [-0.25, -0.2) is 4.98 Å². The van der Waals surface area contributed by atoms with Crippen LogP contribution in [0.15, 0.2) is 42.5 Å². The van der Waals surface area contributed by atoms with Crippen LogP contribution < -0.4 is 10.1 Å². The van der Waals surface area contributed by atoms with Crippen LogP contribution in [0.5, 0.6) is 5.75 Å². The molecule has 3 aromatic rings. The molecule has 0 amide bonds. The largest absolute Gasteiger partial charge is 0.497 e. The van der Waals surface area contributed by atoms with Gasteiger partial charge < -0.3 is 10.1 Å². The monoisotopic (exact) mass is 365 g/mol. The molecular formula is C23H31N3O. The SMILES string of the molecule is COc1ccc(-c2nc3cccc(C)n3c2NC(C)(C)CC(C)(C)C)cc1. The standard InChI is InChI=1S/C23H31N3O/c1-16-9-8-10-19-24-20(17-11-13-18(27-7)14-12-17)21(26(16)19)25-23(5,6)15-22(2,3)4/h8-14,25H,15H2,1-7H3. The summed E-state index contributed by atoms with van der Waals surface area (Å²) in [5, 5.41) is 3.80. The summed E-state index contributed by atoms with van der Waals surface area (Å²) in [6.07, 6.45) is 1.04. The summed E-state index contributed by atoms with van der Waals surface area (Å²) in [6, 6.07) is 14.3. The van der Waals surface area contributed by atoms with Gasteiger partial charge in [0.2, 0.25) is 0 Å². The van der Waals surface area contributed by atoms with E-state index in [9.17, 15) is 0 Å². The first-order valence-corrected chi connectivity index (χ1v) is 9.50. The summed E-state index contributed by atoms with van der Waals surface area (Å²) in [4.78, 5) is 4.94. The second-order valence-electron chi connectivity index (χ2n) is 9.14. The van der Waals surface area contributed by atoms with Crippen LogP contribution in [0.2, 0.25) is 0 Å². The summed E-state index contributed by atoms with van der Waals surface area (Å²) >= 11 is 0. The van der Waals surface area contributed by atoms with E-state index in [0.29, 0.717) is 0 Å². The van der Waals surface area contributed by atoms with Gasteiger partial charge >= 0.3 is 0 Å². The van der Waals surface area contributed by atoms with Crippen LogP contribution >= 0.6 is 0 Å². The molecule has 0 saturated carbocycles. The number of hydrogen-bond donors (Lipinski definition) is 1. The number of fused-ring (bicyclic) bond motifs is 1. The summed E-state index contributed by atoms with van der Waals surface area (Å²) in [6.45, 7) is 13.5. The number of nitrogens with one attached hydrogen (secondary N) is 1. The van der Waals surface area contributed by atoms with E-state index >= 15 is 0 Å². The average Bonchev–Trinajstić information content (AvgIpc) is 2.92. The van der Waals surface area contributed by atoms with Crippen molar-refractivity contribution in [3.8, 4) is 17.0 Å². The smallest absolute Gasteiger partial charge is 0.139 e. The van der Waals surface area contributed by atoms with Crippen molar-refractivity contribution < 1.29 is 4.74 Å². The molecule has 0 fully saturated rings. The number of aryl methyl sites for hydroxylation is 1. The number of anilines is 1. The third-order valence-electron chi connectivity index (χ3n) is 4.63. The number of imidazole rings is 1. The Kier molecular flexibility index (Phi) is 4.94. The normalized spacial score (nSPS) is 12.4. The molecule has 0 bridgehead atoms. The van der Waals surface area contributed by atoms with Gasteiger partial charge in [-0.05, 0) is 69.0 Å². The minimum atomic E-state index is -0.0717. The van der Waals surface area contributed by atoms with E-state index in [2.05, 4.69) is 81.6 Å². The van der Waals surface area contributed by atoms with Gasteiger partial charge in [0.05, 0.1) is 7.11 Å². The maximum Gasteiger partial charge on any atom is 0.139 e. The van der Waals surface area contributed by atoms with Gasteiger partial charge in [-0.1, -0.05) is 26.8 Å². The lowest BCUT2D eigenvalue weighted by atomic mass is 9.82. The third-order valence-corrected chi connectivity index (χ3v) is 4.63. The summed E-state index contributed by atoms with van der Waals surface area (Å²) < 4.78 is 7.52. The lowest BCUT2D eigenvalue weighted by molar-refractivity contribution is 0.302. The van der Waals surface area contributed by atoms with Crippen molar-refractivity contribution in [3.63, 3.8) is 0 Å². The van der Waals surface area contributed by atoms with Crippen molar-refractivity contribution in [2.75, 3.05) is 12.4 Å². The Morgan fingerprint density at radius 2 is 1.67 bits per heavy atom. The molecule has 1 N–H and O–H groups in total. The molecule has 0 atom stereocenters. The molecule has 4 nitrogen and oxygen atoms in total. The maximum absolute atomic E-state index is 5.31. The number of ether oxygens (including phenoxy) is 1. The zero-order valence-corrected chi connectivity index (χ0v) is 17.6. The van der Waals surface area contributed by atoms with Crippen LogP contribution in [0, 0.1) is 12.3 Å². The highest BCUT2D eigenvalue weighted by Gasteiger charge is 2.28. The first-order chi connectivity index (χ1) is 12.6. The first-order valence-electron chi connectivity index (χ1n) is 9.50. The van der Waals surface area contributed by atoms with Crippen molar-refractivity contribution in [1.82, 2.24) is 9.38 Å². The maximum atomic E-state index is 5.31. The lowest BCUT2D eigenvalue weighted by Crippen LogP contribution is -2.36. The molecule has 0 unspecified atom stereocenters. The van der Waals surface area contributed by atoms with Gasteiger partial charge in [0.25, 0.3) is 0 Å². The molecule has 0 spiro atoms. The predicted molar refractivity (Wildman–Crippen MR) is 114 cm³/mol. The van der Waals surface area contributed by atoms with Gasteiger partial charge in [-0.15, -0.1) is 0 Å². The highest BCUT2D eigenvalue weighted by Crippen LogP contribution is 2.35. The van der Waals surface area contributed by atoms with Gasteiger partial charge in [0.15, 0.2) is 0 Å². The quantitative estimate of drug-likeness (QED) is 0.607. The fraction of sp³-hybridized carbons (Fsp3) is 0.435. The van der Waals surface area contributed by atoms with Crippen molar-refractivity contribution in [3.05, 3.63) is 48.2 Å². The topological polar surface area (TPSA) is 38.6 Å². The molecule has 1 aromatic carbocycles. The number of nitrogens with zero attached hydrogens (tertiary/aromatic N) is 2. The van der Waals surface area contributed by atoms with Crippen LogP contribution in [-0.2, 0) is 0 Å². The Hall–Kier alpha value is -2.49. The van der Waals surface area contributed by atoms with Crippen LogP contribution in [0.1, 0.15) is 46.7 Å². The molecule has 0 saturated heterocycles. The van der Waals surface area contributed by atoms with Crippen molar-refractivity contribution >= 4 is 11.5 Å². The molecule has 0 aliphatic carbocycles. The van der Waals surface area contributed by atoms with Crippen LogP contribution in [0.4, 0.5) is 5.82 Å². The number of hydrogen-bond acceptors (Lipinski definition) is 3. The number of benzene rings is 1. The Morgan fingerprint density at radius 3 is 2.26 bits per heavy atom. The van der Waals surface area contributed by atoms with Gasteiger partial charge in [0.1, 0.15) is 22.9 Å². The highest BCUT2D eigenvalue weighted by atomic mass is 16.5. The van der Waals surface area contributed by atoms with E-state index in [1.165, 1.54) is 0 Å². The fourth-order valence-electron chi connectivity index (χ4n) is 4.01. The Labute approximate surface area is 162 Å².